The van der Waals surface area contributed by atoms with E-state index in [4.69, 9.17) is 4.42 Å². The van der Waals surface area contributed by atoms with Crippen LogP contribution in [0.1, 0.15) is 57.2 Å². The Balaban J connectivity index is 0.000000218. The number of pyridine rings is 2. The van der Waals surface area contributed by atoms with Crippen LogP contribution in [0.25, 0.3) is 55.6 Å². The first-order valence-corrected chi connectivity index (χ1v) is 25.0. The number of rotatable bonds is 6. The van der Waals surface area contributed by atoms with Gasteiger partial charge in [0.2, 0.25) is 0 Å². The minimum atomic E-state index is -1.74. The molecule has 5 heteroatoms. The van der Waals surface area contributed by atoms with Crippen molar-refractivity contribution in [1.29, 1.82) is 0 Å². The van der Waals surface area contributed by atoms with Crippen LogP contribution < -0.4 is 4.40 Å². The van der Waals surface area contributed by atoms with Crippen LogP contribution in [0.2, 0.25) is 17.3 Å². The molecule has 0 unspecified atom stereocenters. The van der Waals surface area contributed by atoms with Crippen LogP contribution >= 0.6 is 0 Å². The van der Waals surface area contributed by atoms with E-state index in [2.05, 4.69) is 178 Å². The van der Waals surface area contributed by atoms with E-state index in [1.807, 2.05) is 12.3 Å². The molecular formula is C46H48GeIrN2O-2. The average Bonchev–Trinajstić information content (AvgIpc) is 3.45. The maximum Gasteiger partial charge on any atom is 0.121 e. The van der Waals surface area contributed by atoms with Gasteiger partial charge in [0, 0.05) is 31.7 Å². The Morgan fingerprint density at radius 2 is 1.43 bits per heavy atom. The quantitative estimate of drug-likeness (QED) is 0.123. The van der Waals surface area contributed by atoms with Gasteiger partial charge in [-0.2, -0.15) is 0 Å². The van der Waals surface area contributed by atoms with Gasteiger partial charge in [-0.15, -0.1) is 23.8 Å². The Bertz CT molecular complexity index is 2220. The van der Waals surface area contributed by atoms with Gasteiger partial charge in [0.25, 0.3) is 0 Å². The monoisotopic (exact) mass is 911 g/mol. The van der Waals surface area contributed by atoms with E-state index in [1.165, 1.54) is 26.6 Å². The Morgan fingerprint density at radius 3 is 2.06 bits per heavy atom. The summed E-state index contributed by atoms with van der Waals surface area (Å²) in [6.45, 7) is 13.3. The van der Waals surface area contributed by atoms with E-state index in [0.717, 1.165) is 56.4 Å². The van der Waals surface area contributed by atoms with Crippen LogP contribution in [0.5, 0.6) is 0 Å². The van der Waals surface area contributed by atoms with E-state index in [9.17, 15) is 0 Å². The Labute approximate surface area is 320 Å². The first kappa shape index (κ1) is 38.4. The second-order valence-electron chi connectivity index (χ2n) is 16.0. The fourth-order valence-corrected chi connectivity index (χ4v) is 8.26. The van der Waals surface area contributed by atoms with Gasteiger partial charge in [0.1, 0.15) is 5.58 Å². The summed E-state index contributed by atoms with van der Waals surface area (Å²) in [4.78, 5) is 9.22. The average molecular weight is 910 g/mol. The summed E-state index contributed by atoms with van der Waals surface area (Å²) in [6, 6.07) is 40.9. The fraction of sp³-hybridized carbons (Fsp3) is 0.261. The van der Waals surface area contributed by atoms with E-state index < -0.39 is 13.3 Å². The van der Waals surface area contributed by atoms with Gasteiger partial charge in [-0.1, -0.05) is 79.7 Å². The molecule has 0 atom stereocenters. The minimum absolute atomic E-state index is 0. The molecule has 3 heterocycles. The minimum Gasteiger partial charge on any atom is -0.500 e. The number of furan rings is 1. The molecule has 0 aliphatic carbocycles. The Kier molecular flexibility index (Phi) is 11.9. The topological polar surface area (TPSA) is 38.9 Å². The van der Waals surface area contributed by atoms with Gasteiger partial charge in [0.15, 0.2) is 0 Å². The van der Waals surface area contributed by atoms with Gasteiger partial charge in [-0.3, -0.25) is 0 Å². The van der Waals surface area contributed by atoms with Crippen molar-refractivity contribution < 1.29 is 24.5 Å². The zero-order valence-electron chi connectivity index (χ0n) is 31.3. The molecule has 51 heavy (non-hydrogen) atoms. The van der Waals surface area contributed by atoms with Gasteiger partial charge in [-0.25, -0.2) is 0 Å². The molecule has 0 N–H and O–H groups in total. The van der Waals surface area contributed by atoms with Crippen molar-refractivity contribution in [2.24, 2.45) is 5.41 Å². The van der Waals surface area contributed by atoms with Crippen molar-refractivity contribution in [3.05, 3.63) is 138 Å². The molecule has 0 bridgehead atoms. The Morgan fingerprint density at radius 1 is 0.706 bits per heavy atom. The molecule has 0 fully saturated rings. The van der Waals surface area contributed by atoms with Crippen LogP contribution in [-0.2, 0) is 26.5 Å². The SMILES string of the molecule is CC(C)c1c[c-]c(-c2cc[c]([Ge]([CH3])([CH3])[CH3])cn2)cc1.Cc1ccc(-c2ccc3c(c2)oc2c[c-]c(-c4cc(CC(C)(C)C)ccn4)cc23)cc1.[Ir]. The summed E-state index contributed by atoms with van der Waals surface area (Å²) in [5, 5.41) is 2.22. The third kappa shape index (κ3) is 9.54. The van der Waals surface area contributed by atoms with E-state index >= 15 is 0 Å². The molecule has 0 aliphatic rings. The smallest absolute Gasteiger partial charge is 0.121 e. The van der Waals surface area contributed by atoms with Crippen molar-refractivity contribution >= 4 is 39.6 Å². The molecule has 3 nitrogen and oxygen atoms in total. The fourth-order valence-electron chi connectivity index (χ4n) is 6.09. The molecule has 0 amide bonds. The number of benzene rings is 4. The van der Waals surface area contributed by atoms with Crippen molar-refractivity contribution in [1.82, 2.24) is 9.97 Å². The number of aromatic nitrogens is 2. The van der Waals surface area contributed by atoms with Crippen LogP contribution in [-0.4, -0.2) is 23.2 Å². The van der Waals surface area contributed by atoms with Gasteiger partial charge in [0.05, 0.1) is 5.58 Å². The van der Waals surface area contributed by atoms with Crippen molar-refractivity contribution in [3.8, 4) is 33.6 Å². The largest absolute Gasteiger partial charge is 0.500 e. The molecule has 0 saturated heterocycles. The molecule has 0 spiro atoms. The maximum absolute atomic E-state index is 6.17. The first-order chi connectivity index (χ1) is 23.7. The summed E-state index contributed by atoms with van der Waals surface area (Å²) in [5.41, 5.74) is 12.3. The molecule has 1 radical (unpaired) electrons. The van der Waals surface area contributed by atoms with Gasteiger partial charge < -0.3 is 9.40 Å². The predicted octanol–water partition coefficient (Wildman–Crippen LogP) is 12.2. The summed E-state index contributed by atoms with van der Waals surface area (Å²) in [7, 11) is 0. The van der Waals surface area contributed by atoms with Crippen LogP contribution in [0.15, 0.2) is 114 Å². The molecule has 3 aromatic heterocycles. The van der Waals surface area contributed by atoms with Crippen LogP contribution in [0, 0.1) is 24.5 Å². The third-order valence-electron chi connectivity index (χ3n) is 9.03. The molecular weight excluding hydrogens is 861 g/mol. The molecule has 7 aromatic rings. The van der Waals surface area contributed by atoms with Crippen molar-refractivity contribution in [2.75, 3.05) is 0 Å². The Hall–Kier alpha value is -3.83. The normalized spacial score (nSPS) is 11.7. The maximum atomic E-state index is 6.17. The van der Waals surface area contributed by atoms with E-state index in [-0.39, 0.29) is 25.5 Å². The molecule has 0 saturated carbocycles. The number of nitrogens with zero attached hydrogens (tertiary/aromatic N) is 2. The molecule has 263 valence electrons. The van der Waals surface area contributed by atoms with E-state index in [0.29, 0.717) is 5.92 Å². The number of aryl methyl sites for hydroxylation is 1. The molecule has 4 aromatic carbocycles. The summed E-state index contributed by atoms with van der Waals surface area (Å²) in [5.74, 6) is 7.72. The summed E-state index contributed by atoms with van der Waals surface area (Å²) >= 11 is -1.74. The van der Waals surface area contributed by atoms with Gasteiger partial charge >= 0.3 is 119 Å². The van der Waals surface area contributed by atoms with E-state index in [1.54, 1.807) is 0 Å². The standard InChI is InChI=1S/C29H26NO.C17H22GeN.Ir/c1-19-5-7-21(8-6-19)22-9-11-24-25-16-23(10-12-27(25)31-28(24)17-22)26-15-20(13-14-30-26)18-29(2,3)4;1-13(2)14-6-8-15(9-7-14)17-11-10-16(12-19-17)18(3,4)5;/h5-9,11-17H,18H2,1-4H3;6-8,10-13H,1-5H3;/q2*-1;. The first-order valence-electron chi connectivity index (χ1n) is 17.6. The van der Waals surface area contributed by atoms with Crippen LogP contribution in [0.4, 0.5) is 0 Å². The summed E-state index contributed by atoms with van der Waals surface area (Å²) in [6.07, 6.45) is 4.97. The summed E-state index contributed by atoms with van der Waals surface area (Å²) < 4.78 is 7.61. The second-order valence-corrected chi connectivity index (χ2v) is 26.6. The van der Waals surface area contributed by atoms with Crippen molar-refractivity contribution in [2.45, 2.75) is 71.1 Å². The van der Waals surface area contributed by atoms with Gasteiger partial charge in [-0.05, 0) is 47.7 Å². The third-order valence-corrected chi connectivity index (χ3v) is 13.3. The number of hydrogen-bond donors (Lipinski definition) is 0. The number of fused-ring (bicyclic) bond motifs is 3. The molecule has 0 aliphatic heterocycles. The molecule has 7 rings (SSSR count). The zero-order chi connectivity index (χ0) is 35.6. The predicted molar refractivity (Wildman–Crippen MR) is 215 cm³/mol. The van der Waals surface area contributed by atoms with Crippen molar-refractivity contribution in [3.63, 3.8) is 0 Å². The second kappa shape index (κ2) is 15.8. The number of hydrogen-bond acceptors (Lipinski definition) is 3. The van der Waals surface area contributed by atoms with Crippen LogP contribution in [0.3, 0.4) is 0 Å². The zero-order valence-corrected chi connectivity index (χ0v) is 35.8.